The van der Waals surface area contributed by atoms with Crippen molar-refractivity contribution >= 4 is 29.1 Å². The molecule has 4 heteroatoms. The van der Waals surface area contributed by atoms with Crippen molar-refractivity contribution in [1.29, 1.82) is 0 Å². The average Bonchev–Trinajstić information content (AvgIpc) is 0.811. The van der Waals surface area contributed by atoms with Crippen LogP contribution in [0.4, 0.5) is 0 Å². The van der Waals surface area contributed by atoms with Gasteiger partial charge in [0.2, 0.25) is 0 Å². The van der Waals surface area contributed by atoms with Crippen molar-refractivity contribution < 1.29 is 13.0 Å². The Balaban J connectivity index is 0. The molecule has 0 aromatic heterocycles. The second kappa shape index (κ2) is 5.49. The van der Waals surface area contributed by atoms with Gasteiger partial charge in [-0.05, 0) is 0 Å². The first-order valence-corrected chi connectivity index (χ1v) is 6.71. The quantitative estimate of drug-likeness (QED) is 0.556. The van der Waals surface area contributed by atoms with Gasteiger partial charge in [-0.1, -0.05) is 7.43 Å². The van der Waals surface area contributed by atoms with E-state index in [2.05, 4.69) is 0 Å². The van der Waals surface area contributed by atoms with Crippen molar-refractivity contribution in [2.45, 2.75) is 7.43 Å². The first kappa shape index (κ1) is 9.71. The summed E-state index contributed by atoms with van der Waals surface area (Å²) in [5.41, 5.74) is 0. The predicted molar refractivity (Wildman–Crippen MR) is 24.3 cm³/mol. The van der Waals surface area contributed by atoms with Gasteiger partial charge in [-0.25, -0.2) is 0 Å². The molecule has 0 aromatic rings. The molecule has 0 saturated carbocycles. The number of hydrogen-bond donors (Lipinski definition) is 0. The van der Waals surface area contributed by atoms with E-state index in [1.165, 1.54) is 0 Å². The fraction of sp³-hybridized carbons (Fsp3) is 1.00. The Morgan fingerprint density at radius 1 is 1.00 bits per heavy atom. The van der Waals surface area contributed by atoms with Crippen LogP contribution in [0.25, 0.3) is 0 Å². The van der Waals surface area contributed by atoms with Gasteiger partial charge in [0.05, 0.1) is 0 Å². The molecule has 0 aromatic carbocycles. The van der Waals surface area contributed by atoms with Crippen LogP contribution in [0.1, 0.15) is 7.43 Å². The molecule has 0 radical (unpaired) electrons. The number of rotatable bonds is 0. The van der Waals surface area contributed by atoms with Crippen LogP contribution in [0.5, 0.6) is 0 Å². The fourth-order valence-electron chi connectivity index (χ4n) is 0. The van der Waals surface area contributed by atoms with E-state index in [4.69, 9.17) is 29.1 Å². The first-order valence-electron chi connectivity index (χ1n) is 0.378. The van der Waals surface area contributed by atoms with Crippen molar-refractivity contribution in [3.05, 3.63) is 0 Å². The summed E-state index contributed by atoms with van der Waals surface area (Å²) in [6.45, 7) is 0. The van der Waals surface area contributed by atoms with Crippen LogP contribution in [0.15, 0.2) is 0 Å². The third-order valence-electron chi connectivity index (χ3n) is 0. The third kappa shape index (κ3) is 30.1. The Morgan fingerprint density at radius 2 is 1.00 bits per heavy atom. The van der Waals surface area contributed by atoms with Crippen LogP contribution in [-0.2, 0) is 13.0 Å². The van der Waals surface area contributed by atoms with Crippen molar-refractivity contribution in [2.24, 2.45) is 0 Å². The molecule has 0 nitrogen and oxygen atoms in total. The molecule has 0 aliphatic carbocycles. The molecule has 5 heavy (non-hydrogen) atoms. The van der Waals surface area contributed by atoms with E-state index in [0.717, 1.165) is 0 Å². The van der Waals surface area contributed by atoms with Gasteiger partial charge >= 0.3 is 42.1 Å². The summed E-state index contributed by atoms with van der Waals surface area (Å²) in [5, 5.41) is 0. The van der Waals surface area contributed by atoms with Crippen molar-refractivity contribution in [1.82, 2.24) is 0 Å². The Morgan fingerprint density at radius 3 is 1.00 bits per heavy atom. The summed E-state index contributed by atoms with van der Waals surface area (Å²) in [6.07, 6.45) is 0. The van der Waals surface area contributed by atoms with E-state index in [1.54, 1.807) is 0 Å². The van der Waals surface area contributed by atoms with Crippen LogP contribution in [0.2, 0.25) is 0 Å². The van der Waals surface area contributed by atoms with E-state index >= 15 is 0 Å². The van der Waals surface area contributed by atoms with Crippen molar-refractivity contribution in [2.75, 3.05) is 0 Å². The third-order valence-corrected chi connectivity index (χ3v) is 0. The van der Waals surface area contributed by atoms with Gasteiger partial charge in [-0.2, -0.15) is 0 Å². The van der Waals surface area contributed by atoms with E-state index in [-0.39, 0.29) is 7.43 Å². The van der Waals surface area contributed by atoms with Gasteiger partial charge < -0.3 is 0 Å². The van der Waals surface area contributed by atoms with Gasteiger partial charge in [0.25, 0.3) is 0 Å². The monoisotopic (exact) mass is 224 g/mol. The zero-order chi connectivity index (χ0) is 3.58. The molecule has 0 heterocycles. The Labute approximate surface area is 49.4 Å². The molecule has 0 fully saturated rings. The molecule has 0 saturated heterocycles. The first-order chi connectivity index (χ1) is 1.73. The molecule has 0 amide bonds. The molecule has 0 spiro atoms. The summed E-state index contributed by atoms with van der Waals surface area (Å²) in [6, 6.07) is 0. The summed E-state index contributed by atoms with van der Waals surface area (Å²) in [7, 11) is 14.8. The van der Waals surface area contributed by atoms with Crippen LogP contribution in [-0.4, -0.2) is 0 Å². The van der Waals surface area contributed by atoms with Crippen LogP contribution >= 0.6 is 29.1 Å². The molecule has 0 aliphatic heterocycles. The SMILES string of the molecule is C.[Cl][Rh]([Cl])[Cl]. The van der Waals surface area contributed by atoms with E-state index in [0.29, 0.717) is 0 Å². The van der Waals surface area contributed by atoms with E-state index in [9.17, 15) is 0 Å². The zero-order valence-corrected chi connectivity index (χ0v) is 5.37. The van der Waals surface area contributed by atoms with Crippen LogP contribution in [0.3, 0.4) is 0 Å². The summed E-state index contributed by atoms with van der Waals surface area (Å²) >= 11 is -1.66. The van der Waals surface area contributed by atoms with Gasteiger partial charge in [0, 0.05) is 0 Å². The Kier molecular flexibility index (Phi) is 10.7. The minimum atomic E-state index is -1.66. The molecule has 38 valence electrons. The van der Waals surface area contributed by atoms with E-state index < -0.39 is 13.0 Å². The number of halogens is 3. The molecular formula is CH4Cl3Rh. The molecular weight excluding hydrogens is 221 g/mol. The average molecular weight is 225 g/mol. The molecule has 0 atom stereocenters. The fourth-order valence-corrected chi connectivity index (χ4v) is 0. The van der Waals surface area contributed by atoms with Gasteiger partial charge in [-0.15, -0.1) is 0 Å². The van der Waals surface area contributed by atoms with Gasteiger partial charge in [0.1, 0.15) is 0 Å². The Hall–Kier alpha value is 1.49. The second-order valence-electron chi connectivity index (χ2n) is 0.143. The summed E-state index contributed by atoms with van der Waals surface area (Å²) < 4.78 is 0. The minimum absolute atomic E-state index is 0. The zero-order valence-electron chi connectivity index (χ0n) is 1.47. The second-order valence-corrected chi connectivity index (χ2v) is 7.61. The van der Waals surface area contributed by atoms with Gasteiger partial charge in [-0.3, -0.25) is 0 Å². The Bertz CT molecular complexity index is 11.6. The topological polar surface area (TPSA) is 0 Å². The molecule has 0 aliphatic rings. The molecule has 0 N–H and O–H groups in total. The standard InChI is InChI=1S/CH4.3ClH.Rh/h1H4;3*1H;/q;;;;+3/p-3. The van der Waals surface area contributed by atoms with E-state index in [1.807, 2.05) is 0 Å². The predicted octanol–water partition coefficient (Wildman–Crippen LogP) is 2.70. The summed E-state index contributed by atoms with van der Waals surface area (Å²) in [5.74, 6) is 0. The van der Waals surface area contributed by atoms with Crippen LogP contribution < -0.4 is 0 Å². The molecule has 0 rings (SSSR count). The normalized spacial score (nSPS) is 9.00. The van der Waals surface area contributed by atoms with Crippen molar-refractivity contribution in [3.63, 3.8) is 0 Å². The number of hydrogen-bond acceptors (Lipinski definition) is 0. The summed E-state index contributed by atoms with van der Waals surface area (Å²) in [4.78, 5) is 0. The molecule has 0 unspecified atom stereocenters. The maximum absolute atomic E-state index is 4.94. The maximum atomic E-state index is 4.94. The van der Waals surface area contributed by atoms with Crippen LogP contribution in [0, 0.1) is 0 Å². The molecule has 0 bridgehead atoms. The van der Waals surface area contributed by atoms with Crippen molar-refractivity contribution in [3.8, 4) is 0 Å². The van der Waals surface area contributed by atoms with Gasteiger partial charge in [0.15, 0.2) is 0 Å².